The Kier molecular flexibility index (Phi) is 8.10. The molecule has 3 aromatic rings. The molecule has 3 aliphatic heterocycles. The number of carbonyl (C=O) groups excluding carboxylic acids is 1. The van der Waals surface area contributed by atoms with Crippen LogP contribution in [0.15, 0.2) is 65.6 Å². The van der Waals surface area contributed by atoms with E-state index in [1.807, 2.05) is 30.3 Å². The van der Waals surface area contributed by atoms with Crippen LogP contribution in [0.3, 0.4) is 0 Å². The highest BCUT2D eigenvalue weighted by Gasteiger charge is 2.35. The van der Waals surface area contributed by atoms with E-state index in [-0.39, 0.29) is 29.3 Å². The minimum absolute atomic E-state index is 0.110. The summed E-state index contributed by atoms with van der Waals surface area (Å²) < 4.78 is 35.0. The first kappa shape index (κ1) is 27.2. The molecule has 2 atom stereocenters. The van der Waals surface area contributed by atoms with Gasteiger partial charge in [-0.05, 0) is 73.3 Å². The summed E-state index contributed by atoms with van der Waals surface area (Å²) in [7, 11) is -3.72. The van der Waals surface area contributed by atoms with Gasteiger partial charge in [0.15, 0.2) is 0 Å². The maximum absolute atomic E-state index is 13.7. The molecular formula is C32H39N3O4S. The Morgan fingerprint density at radius 3 is 2.52 bits per heavy atom. The molecule has 2 saturated heterocycles. The normalized spacial score (nSPS) is 22.4. The number of fused-ring (bicyclic) bond motifs is 2. The molecule has 0 aliphatic carbocycles. The van der Waals surface area contributed by atoms with Gasteiger partial charge in [0, 0.05) is 37.5 Å². The highest BCUT2D eigenvalue weighted by molar-refractivity contribution is 7.89. The van der Waals surface area contributed by atoms with Gasteiger partial charge in [-0.2, -0.15) is 4.31 Å². The van der Waals surface area contributed by atoms with E-state index in [2.05, 4.69) is 28.4 Å². The first-order chi connectivity index (χ1) is 19.5. The van der Waals surface area contributed by atoms with E-state index in [1.165, 1.54) is 24.8 Å². The van der Waals surface area contributed by atoms with Crippen LogP contribution in [-0.2, 0) is 21.4 Å². The van der Waals surface area contributed by atoms with Crippen LogP contribution in [0.25, 0.3) is 10.8 Å². The minimum atomic E-state index is -3.72. The van der Waals surface area contributed by atoms with Crippen molar-refractivity contribution in [2.45, 2.75) is 74.9 Å². The minimum Gasteiger partial charge on any atom is -0.493 e. The van der Waals surface area contributed by atoms with Gasteiger partial charge in [0.1, 0.15) is 5.75 Å². The molecular weight excluding hydrogens is 522 g/mol. The number of hydrogen-bond acceptors (Lipinski definition) is 5. The lowest BCUT2D eigenvalue weighted by Crippen LogP contribution is -2.46. The molecule has 0 spiro atoms. The average molecular weight is 562 g/mol. The number of sulfonamides is 1. The Labute approximate surface area is 237 Å². The first-order valence-electron chi connectivity index (χ1n) is 14.8. The smallest absolute Gasteiger partial charge is 0.243 e. The molecule has 0 saturated carbocycles. The van der Waals surface area contributed by atoms with Crippen molar-refractivity contribution in [1.29, 1.82) is 0 Å². The lowest BCUT2D eigenvalue weighted by Gasteiger charge is -2.35. The third-order valence-corrected chi connectivity index (χ3v) is 10.6. The third kappa shape index (κ3) is 5.90. The van der Waals surface area contributed by atoms with Crippen molar-refractivity contribution < 1.29 is 17.9 Å². The van der Waals surface area contributed by atoms with Gasteiger partial charge in [-0.3, -0.25) is 9.69 Å². The quantitative estimate of drug-likeness (QED) is 0.418. The van der Waals surface area contributed by atoms with Gasteiger partial charge in [-0.25, -0.2) is 8.42 Å². The molecule has 1 amide bonds. The monoisotopic (exact) mass is 561 g/mol. The lowest BCUT2D eigenvalue weighted by atomic mass is 9.97. The molecule has 40 heavy (non-hydrogen) atoms. The van der Waals surface area contributed by atoms with Gasteiger partial charge in [0.25, 0.3) is 0 Å². The predicted molar refractivity (Wildman–Crippen MR) is 157 cm³/mol. The van der Waals surface area contributed by atoms with Crippen LogP contribution >= 0.6 is 0 Å². The van der Waals surface area contributed by atoms with Gasteiger partial charge in [-0.15, -0.1) is 0 Å². The molecule has 212 valence electrons. The number of benzene rings is 3. The fourth-order valence-corrected chi connectivity index (χ4v) is 8.21. The van der Waals surface area contributed by atoms with Crippen LogP contribution in [0.4, 0.5) is 0 Å². The van der Waals surface area contributed by atoms with Crippen LogP contribution in [-0.4, -0.2) is 55.8 Å². The molecule has 3 aliphatic rings. The van der Waals surface area contributed by atoms with Gasteiger partial charge in [-0.1, -0.05) is 55.3 Å². The summed E-state index contributed by atoms with van der Waals surface area (Å²) in [6.07, 6.45) is 7.11. The van der Waals surface area contributed by atoms with Crippen LogP contribution in [0, 0.1) is 0 Å². The van der Waals surface area contributed by atoms with E-state index >= 15 is 0 Å². The van der Waals surface area contributed by atoms with Crippen molar-refractivity contribution in [3.05, 3.63) is 71.8 Å². The molecule has 7 nitrogen and oxygen atoms in total. The van der Waals surface area contributed by atoms with Crippen molar-refractivity contribution in [2.24, 2.45) is 0 Å². The van der Waals surface area contributed by atoms with Crippen LogP contribution in [0.2, 0.25) is 0 Å². The number of nitrogens with one attached hydrogen (secondary N) is 1. The maximum Gasteiger partial charge on any atom is 0.243 e. The number of hydrogen-bond donors (Lipinski definition) is 1. The lowest BCUT2D eigenvalue weighted by molar-refractivity contribution is -0.123. The van der Waals surface area contributed by atoms with E-state index in [1.54, 1.807) is 16.4 Å². The summed E-state index contributed by atoms with van der Waals surface area (Å²) in [6, 6.07) is 18.9. The predicted octanol–water partition coefficient (Wildman–Crippen LogP) is 5.40. The Balaban J connectivity index is 1.13. The van der Waals surface area contributed by atoms with Crippen LogP contribution in [0.5, 0.6) is 5.75 Å². The zero-order valence-electron chi connectivity index (χ0n) is 23.1. The van der Waals surface area contributed by atoms with Gasteiger partial charge >= 0.3 is 0 Å². The Bertz CT molecular complexity index is 1470. The topological polar surface area (TPSA) is 79.0 Å². The summed E-state index contributed by atoms with van der Waals surface area (Å²) in [5, 5.41) is 5.11. The first-order valence-corrected chi connectivity index (χ1v) is 16.2. The molecule has 1 unspecified atom stereocenters. The number of carbonyl (C=O) groups is 1. The highest BCUT2D eigenvalue weighted by Crippen LogP contribution is 2.34. The molecule has 0 radical (unpaired) electrons. The molecule has 2 fully saturated rings. The molecule has 1 N–H and O–H groups in total. The second-order valence-electron chi connectivity index (χ2n) is 11.4. The third-order valence-electron chi connectivity index (χ3n) is 8.63. The summed E-state index contributed by atoms with van der Waals surface area (Å²) in [5.74, 6) is 0.741. The number of rotatable bonds is 7. The molecule has 6 rings (SSSR count). The Morgan fingerprint density at radius 1 is 0.875 bits per heavy atom. The van der Waals surface area contributed by atoms with Crippen molar-refractivity contribution in [2.75, 3.05) is 26.2 Å². The average Bonchev–Trinajstić information content (AvgIpc) is 2.97. The van der Waals surface area contributed by atoms with E-state index in [0.717, 1.165) is 54.6 Å². The zero-order chi connectivity index (χ0) is 27.5. The van der Waals surface area contributed by atoms with Crippen LogP contribution < -0.4 is 10.1 Å². The fourth-order valence-electron chi connectivity index (χ4n) is 6.48. The molecule has 0 bridgehead atoms. The summed E-state index contributed by atoms with van der Waals surface area (Å²) >= 11 is 0. The summed E-state index contributed by atoms with van der Waals surface area (Å²) in [4.78, 5) is 16.1. The Hall–Kier alpha value is -2.94. The molecule has 0 aromatic heterocycles. The zero-order valence-corrected chi connectivity index (χ0v) is 23.9. The van der Waals surface area contributed by atoms with Gasteiger partial charge < -0.3 is 10.1 Å². The highest BCUT2D eigenvalue weighted by atomic mass is 32.2. The SMILES string of the molecule is O=C(CC1CCCCN1S(=O)(=O)c1ccc2ccccc2c1)N[C@@H]1CCOc2cc(CN3CCCCC3)ccc21. The van der Waals surface area contributed by atoms with Crippen molar-refractivity contribution in [3.63, 3.8) is 0 Å². The van der Waals surface area contributed by atoms with E-state index < -0.39 is 10.0 Å². The van der Waals surface area contributed by atoms with Crippen molar-refractivity contribution in [3.8, 4) is 5.75 Å². The largest absolute Gasteiger partial charge is 0.493 e. The number of amides is 1. The summed E-state index contributed by atoms with van der Waals surface area (Å²) in [6.45, 7) is 4.21. The standard InChI is InChI=1S/C32H39N3O4S/c36-32(33-30-15-19-39-31-20-24(11-14-29(30)31)23-34-16-5-1-6-17-34)22-27-10-4-7-18-35(27)40(37,38)28-13-12-25-8-2-3-9-26(25)21-28/h2-3,8-9,11-14,20-21,27,30H,1,4-7,10,15-19,22-23H2,(H,33,36)/t27?,30-/m1/s1. The molecule has 3 aromatic carbocycles. The van der Waals surface area contributed by atoms with Crippen molar-refractivity contribution >= 4 is 26.7 Å². The fraction of sp³-hybridized carbons (Fsp3) is 0.469. The van der Waals surface area contributed by atoms with Crippen LogP contribution in [0.1, 0.15) is 68.5 Å². The number of piperidine rings is 2. The van der Waals surface area contributed by atoms with Gasteiger partial charge in [0.2, 0.25) is 15.9 Å². The molecule has 8 heteroatoms. The number of nitrogens with zero attached hydrogens (tertiary/aromatic N) is 2. The van der Waals surface area contributed by atoms with E-state index in [0.29, 0.717) is 26.0 Å². The number of likely N-dealkylation sites (tertiary alicyclic amines) is 1. The Morgan fingerprint density at radius 2 is 1.68 bits per heavy atom. The van der Waals surface area contributed by atoms with E-state index in [9.17, 15) is 13.2 Å². The molecule has 3 heterocycles. The van der Waals surface area contributed by atoms with E-state index in [4.69, 9.17) is 4.74 Å². The van der Waals surface area contributed by atoms with Crippen molar-refractivity contribution in [1.82, 2.24) is 14.5 Å². The van der Waals surface area contributed by atoms with Gasteiger partial charge in [0.05, 0.1) is 17.5 Å². The second-order valence-corrected chi connectivity index (χ2v) is 13.3. The second kappa shape index (κ2) is 11.9. The summed E-state index contributed by atoms with van der Waals surface area (Å²) in [5.41, 5.74) is 2.25. The number of ether oxygens (including phenoxy) is 1. The maximum atomic E-state index is 13.7.